The van der Waals surface area contributed by atoms with E-state index in [-0.39, 0.29) is 23.0 Å². The van der Waals surface area contributed by atoms with Crippen molar-refractivity contribution in [3.05, 3.63) is 82.9 Å². The Hall–Kier alpha value is -1.97. The number of aliphatic hydroxyl groups is 1. The number of benzene rings is 2. The zero-order chi connectivity index (χ0) is 31.2. The van der Waals surface area contributed by atoms with Gasteiger partial charge >= 0.3 is 0 Å². The first-order valence-electron chi connectivity index (χ1n) is 15.0. The fraction of sp³-hybridized carbons (Fsp3) is 0.543. The van der Waals surface area contributed by atoms with Gasteiger partial charge in [-0.1, -0.05) is 84.0 Å². The van der Waals surface area contributed by atoms with Crippen molar-refractivity contribution in [1.82, 2.24) is 0 Å². The van der Waals surface area contributed by atoms with Crippen LogP contribution in [0.5, 0.6) is 5.75 Å². The van der Waals surface area contributed by atoms with Crippen LogP contribution in [0.2, 0.25) is 26.2 Å². The second-order valence-corrected chi connectivity index (χ2v) is 19.2. The van der Waals surface area contributed by atoms with Crippen LogP contribution in [0.15, 0.2) is 60.7 Å². The van der Waals surface area contributed by atoms with Gasteiger partial charge in [0.1, 0.15) is 12.4 Å². The Bertz CT molecular complexity index is 1180. The topological polar surface area (TPSA) is 47.9 Å². The summed E-state index contributed by atoms with van der Waals surface area (Å²) in [5, 5.41) is 9.94. The third-order valence-electron chi connectivity index (χ3n) is 6.65. The molecule has 2 atom stereocenters. The van der Waals surface area contributed by atoms with E-state index < -0.39 is 23.7 Å². The molecular formula is C35H56O4Si2. The van der Waals surface area contributed by atoms with E-state index >= 15 is 0 Å². The molecule has 0 aliphatic carbocycles. The minimum absolute atomic E-state index is 0.00156. The summed E-state index contributed by atoms with van der Waals surface area (Å²) < 4.78 is 19.8. The average molecular weight is 597 g/mol. The van der Waals surface area contributed by atoms with Gasteiger partial charge in [-0.2, -0.15) is 0 Å². The molecule has 2 aromatic rings. The standard InChI is InChI=1S/C35H56O4Si2/c1-25(16-15-21-35(8,9)36)27-17-14-18-28(23-27)37-24-26-19-20-29(31(33(2,3)4)38-40(10)11)30(22-26)32(34(5,6)7)39-41(12)13/h14-23,31-32,36,40-41H,24H2,1-13H3. The van der Waals surface area contributed by atoms with E-state index in [2.05, 4.69) is 105 Å². The van der Waals surface area contributed by atoms with E-state index in [1.54, 1.807) is 19.9 Å². The molecule has 6 heteroatoms. The molecule has 0 saturated carbocycles. The van der Waals surface area contributed by atoms with Crippen molar-refractivity contribution in [3.8, 4) is 5.75 Å². The Kier molecular flexibility index (Phi) is 12.4. The predicted molar refractivity (Wildman–Crippen MR) is 181 cm³/mol. The largest absolute Gasteiger partial charge is 0.489 e. The predicted octanol–water partition coefficient (Wildman–Crippen LogP) is 9.17. The van der Waals surface area contributed by atoms with Crippen molar-refractivity contribution in [2.24, 2.45) is 10.8 Å². The van der Waals surface area contributed by atoms with Gasteiger partial charge in [-0.25, -0.2) is 0 Å². The molecule has 1 N–H and O–H groups in total. The Morgan fingerprint density at radius 1 is 0.805 bits per heavy atom. The van der Waals surface area contributed by atoms with Crippen molar-refractivity contribution in [1.29, 1.82) is 0 Å². The van der Waals surface area contributed by atoms with Crippen molar-refractivity contribution >= 4 is 23.7 Å². The third kappa shape index (κ3) is 11.7. The van der Waals surface area contributed by atoms with Crippen molar-refractivity contribution < 1.29 is 18.7 Å². The summed E-state index contributed by atoms with van der Waals surface area (Å²) in [7, 11) is -2.62. The van der Waals surface area contributed by atoms with E-state index in [4.69, 9.17) is 13.6 Å². The summed E-state index contributed by atoms with van der Waals surface area (Å²) in [6.45, 7) is 28.6. The minimum Gasteiger partial charge on any atom is -0.489 e. The fourth-order valence-electron chi connectivity index (χ4n) is 4.73. The smallest absolute Gasteiger partial charge is 0.171 e. The average Bonchev–Trinajstić information content (AvgIpc) is 2.82. The van der Waals surface area contributed by atoms with Gasteiger partial charge in [0.15, 0.2) is 18.1 Å². The molecule has 0 bridgehead atoms. The Labute approximate surface area is 254 Å². The molecule has 228 valence electrons. The van der Waals surface area contributed by atoms with Crippen LogP contribution < -0.4 is 4.74 Å². The molecule has 0 aromatic heterocycles. The summed E-state index contributed by atoms with van der Waals surface area (Å²) in [4.78, 5) is 0. The second-order valence-electron chi connectivity index (χ2n) is 14.5. The van der Waals surface area contributed by atoms with Crippen molar-refractivity contribution in [3.63, 3.8) is 0 Å². The summed E-state index contributed by atoms with van der Waals surface area (Å²) in [5.41, 5.74) is 4.82. The lowest BCUT2D eigenvalue weighted by atomic mass is 9.77. The van der Waals surface area contributed by atoms with Gasteiger partial charge in [0.25, 0.3) is 0 Å². The maximum atomic E-state index is 9.94. The van der Waals surface area contributed by atoms with Gasteiger partial charge in [-0.05, 0) is 104 Å². The Balaban J connectivity index is 2.47. The Morgan fingerprint density at radius 3 is 1.88 bits per heavy atom. The molecule has 0 aliphatic heterocycles. The zero-order valence-electron chi connectivity index (χ0n) is 28.0. The van der Waals surface area contributed by atoms with Crippen molar-refractivity contribution in [2.45, 2.75) is 113 Å². The molecule has 0 fully saturated rings. The lowest BCUT2D eigenvalue weighted by Crippen LogP contribution is -2.31. The summed E-state index contributed by atoms with van der Waals surface area (Å²) >= 11 is 0. The lowest BCUT2D eigenvalue weighted by molar-refractivity contribution is 0.0655. The second kappa shape index (κ2) is 14.5. The van der Waals surface area contributed by atoms with E-state index in [0.29, 0.717) is 6.61 Å². The van der Waals surface area contributed by atoms with Crippen LogP contribution in [-0.2, 0) is 15.5 Å². The van der Waals surface area contributed by atoms with Gasteiger partial charge in [-0.15, -0.1) is 0 Å². The van der Waals surface area contributed by atoms with Crippen LogP contribution in [0.1, 0.15) is 96.8 Å². The first-order valence-corrected chi connectivity index (χ1v) is 20.6. The number of allylic oxidation sites excluding steroid dienone is 3. The van der Waals surface area contributed by atoms with Crippen molar-refractivity contribution in [2.75, 3.05) is 0 Å². The number of hydrogen-bond donors (Lipinski definition) is 1. The zero-order valence-corrected chi connectivity index (χ0v) is 30.3. The van der Waals surface area contributed by atoms with Gasteiger partial charge < -0.3 is 18.7 Å². The van der Waals surface area contributed by atoms with Gasteiger partial charge in [0, 0.05) is 0 Å². The maximum Gasteiger partial charge on any atom is 0.171 e. The quantitative estimate of drug-likeness (QED) is 0.196. The summed E-state index contributed by atoms with van der Waals surface area (Å²) in [6.07, 6.45) is 5.67. The first kappa shape index (κ1) is 35.2. The number of hydrogen-bond acceptors (Lipinski definition) is 4. The first-order chi connectivity index (χ1) is 18.8. The molecule has 4 nitrogen and oxygen atoms in total. The summed E-state index contributed by atoms with van der Waals surface area (Å²) in [5.74, 6) is 0.826. The third-order valence-corrected chi connectivity index (χ3v) is 8.28. The minimum atomic E-state index is -1.32. The van der Waals surface area contributed by atoms with Gasteiger partial charge in [0.05, 0.1) is 17.8 Å². The normalized spacial score (nSPS) is 15.2. The Morgan fingerprint density at radius 2 is 1.37 bits per heavy atom. The highest BCUT2D eigenvalue weighted by atomic mass is 28.3. The molecule has 0 radical (unpaired) electrons. The molecule has 2 aromatic carbocycles. The van der Waals surface area contributed by atoms with Gasteiger partial charge in [0.2, 0.25) is 0 Å². The molecule has 2 rings (SSSR count). The monoisotopic (exact) mass is 596 g/mol. The molecule has 0 amide bonds. The highest BCUT2D eigenvalue weighted by molar-refractivity contribution is 6.48. The molecule has 0 spiro atoms. The van der Waals surface area contributed by atoms with E-state index in [1.807, 2.05) is 24.3 Å². The highest BCUT2D eigenvalue weighted by Gasteiger charge is 2.36. The highest BCUT2D eigenvalue weighted by Crippen LogP contribution is 2.45. The molecule has 41 heavy (non-hydrogen) atoms. The van der Waals surface area contributed by atoms with E-state index in [0.717, 1.165) is 22.4 Å². The number of rotatable bonds is 12. The molecule has 0 heterocycles. The SMILES string of the molecule is CC(=CC=CC(C)(C)O)c1cccc(OCc2ccc(C(O[SiH](C)C)C(C)(C)C)c(C(O[SiH](C)C)C(C)(C)C)c2)c1. The molecule has 0 aliphatic rings. The van der Waals surface area contributed by atoms with Crippen LogP contribution in [0, 0.1) is 10.8 Å². The molecular weight excluding hydrogens is 541 g/mol. The van der Waals surface area contributed by atoms with Crippen LogP contribution in [0.25, 0.3) is 5.57 Å². The molecule has 2 unspecified atom stereocenters. The van der Waals surface area contributed by atoms with E-state index in [9.17, 15) is 5.11 Å². The van der Waals surface area contributed by atoms with Crippen LogP contribution >= 0.6 is 0 Å². The fourth-order valence-corrected chi connectivity index (χ4v) is 6.93. The van der Waals surface area contributed by atoms with E-state index in [1.165, 1.54) is 11.1 Å². The number of ether oxygens (including phenoxy) is 1. The summed E-state index contributed by atoms with van der Waals surface area (Å²) in [6, 6.07) is 14.9. The maximum absolute atomic E-state index is 9.94. The van der Waals surface area contributed by atoms with Crippen LogP contribution in [0.4, 0.5) is 0 Å². The van der Waals surface area contributed by atoms with Crippen LogP contribution in [-0.4, -0.2) is 28.8 Å². The lowest BCUT2D eigenvalue weighted by Gasteiger charge is -2.39. The van der Waals surface area contributed by atoms with Gasteiger partial charge in [-0.3, -0.25) is 0 Å². The van der Waals surface area contributed by atoms with Crippen LogP contribution in [0.3, 0.4) is 0 Å². The molecule has 0 saturated heterocycles.